The Labute approximate surface area is 98.9 Å². The number of nitrogens with one attached hydrogen (secondary N) is 1. The molecular weight excluding hydrogens is 221 g/mol. The fraction of sp³-hybridized carbons (Fsp3) is 0.231. The van der Waals surface area contributed by atoms with Crippen LogP contribution in [0.25, 0.3) is 0 Å². The van der Waals surface area contributed by atoms with Crippen molar-refractivity contribution in [3.8, 4) is 0 Å². The average molecular weight is 235 g/mol. The van der Waals surface area contributed by atoms with Crippen LogP contribution < -0.4 is 5.32 Å². The lowest BCUT2D eigenvalue weighted by atomic mass is 10.2. The summed E-state index contributed by atoms with van der Waals surface area (Å²) in [5.41, 5.74) is 0.730. The SMILES string of the molecule is Fc1ccccc1CNCCc1cccs1. The predicted octanol–water partition coefficient (Wildman–Crippen LogP) is 3.22. The first-order valence-electron chi connectivity index (χ1n) is 5.33. The zero-order valence-corrected chi connectivity index (χ0v) is 9.77. The zero-order valence-electron chi connectivity index (χ0n) is 8.95. The van der Waals surface area contributed by atoms with Crippen molar-refractivity contribution in [2.24, 2.45) is 0 Å². The molecule has 1 aromatic heterocycles. The second-order valence-corrected chi connectivity index (χ2v) is 4.63. The topological polar surface area (TPSA) is 12.0 Å². The van der Waals surface area contributed by atoms with Crippen molar-refractivity contribution in [1.29, 1.82) is 0 Å². The van der Waals surface area contributed by atoms with Gasteiger partial charge in [0.1, 0.15) is 5.82 Å². The van der Waals surface area contributed by atoms with Crippen molar-refractivity contribution in [3.05, 3.63) is 58.0 Å². The van der Waals surface area contributed by atoms with Crippen LogP contribution in [0.3, 0.4) is 0 Å². The molecule has 1 nitrogen and oxygen atoms in total. The van der Waals surface area contributed by atoms with Gasteiger partial charge in [-0.15, -0.1) is 11.3 Å². The molecule has 1 N–H and O–H groups in total. The molecule has 2 rings (SSSR count). The summed E-state index contributed by atoms with van der Waals surface area (Å²) in [5, 5.41) is 5.32. The van der Waals surface area contributed by atoms with Crippen LogP contribution in [0.2, 0.25) is 0 Å². The lowest BCUT2D eigenvalue weighted by molar-refractivity contribution is 0.589. The number of hydrogen-bond donors (Lipinski definition) is 1. The van der Waals surface area contributed by atoms with Gasteiger partial charge in [-0.05, 0) is 23.9 Å². The summed E-state index contributed by atoms with van der Waals surface area (Å²) >= 11 is 1.76. The van der Waals surface area contributed by atoms with Crippen molar-refractivity contribution < 1.29 is 4.39 Å². The average Bonchev–Trinajstić information content (AvgIpc) is 2.79. The standard InChI is InChI=1S/C13H14FNS/c14-13-6-2-1-4-11(13)10-15-8-7-12-5-3-9-16-12/h1-6,9,15H,7-8,10H2. The maximum absolute atomic E-state index is 13.3. The van der Waals surface area contributed by atoms with Crippen molar-refractivity contribution >= 4 is 11.3 Å². The van der Waals surface area contributed by atoms with Gasteiger partial charge < -0.3 is 5.32 Å². The summed E-state index contributed by atoms with van der Waals surface area (Å²) < 4.78 is 13.3. The molecule has 16 heavy (non-hydrogen) atoms. The maximum Gasteiger partial charge on any atom is 0.127 e. The normalized spacial score (nSPS) is 10.6. The highest BCUT2D eigenvalue weighted by molar-refractivity contribution is 7.09. The Kier molecular flexibility index (Phi) is 4.08. The Balaban J connectivity index is 1.74. The van der Waals surface area contributed by atoms with E-state index in [1.165, 1.54) is 10.9 Å². The molecule has 0 bridgehead atoms. The molecule has 1 aromatic carbocycles. The van der Waals surface area contributed by atoms with E-state index in [-0.39, 0.29) is 5.82 Å². The van der Waals surface area contributed by atoms with Gasteiger partial charge in [-0.1, -0.05) is 24.3 Å². The number of halogens is 1. The molecule has 0 spiro atoms. The van der Waals surface area contributed by atoms with E-state index in [4.69, 9.17) is 0 Å². The van der Waals surface area contributed by atoms with Gasteiger partial charge in [-0.3, -0.25) is 0 Å². The lowest BCUT2D eigenvalue weighted by Crippen LogP contribution is -2.17. The van der Waals surface area contributed by atoms with Crippen LogP contribution in [-0.4, -0.2) is 6.54 Å². The van der Waals surface area contributed by atoms with Crippen LogP contribution in [0, 0.1) is 5.82 Å². The molecule has 0 radical (unpaired) electrons. The molecule has 0 atom stereocenters. The van der Waals surface area contributed by atoms with Crippen LogP contribution in [0.4, 0.5) is 4.39 Å². The third-order valence-corrected chi connectivity index (χ3v) is 3.34. The van der Waals surface area contributed by atoms with E-state index in [0.717, 1.165) is 18.5 Å². The van der Waals surface area contributed by atoms with Gasteiger partial charge in [0.15, 0.2) is 0 Å². The van der Waals surface area contributed by atoms with Gasteiger partial charge in [0.05, 0.1) is 0 Å². The number of thiophene rings is 1. The Morgan fingerprint density at radius 1 is 1.12 bits per heavy atom. The molecular formula is C13H14FNS. The molecule has 84 valence electrons. The highest BCUT2D eigenvalue weighted by atomic mass is 32.1. The van der Waals surface area contributed by atoms with Crippen LogP contribution in [0.1, 0.15) is 10.4 Å². The monoisotopic (exact) mass is 235 g/mol. The summed E-state index contributed by atoms with van der Waals surface area (Å²) in [6, 6.07) is 11.1. The highest BCUT2D eigenvalue weighted by Gasteiger charge is 1.99. The van der Waals surface area contributed by atoms with E-state index in [9.17, 15) is 4.39 Å². The van der Waals surface area contributed by atoms with Crippen molar-refractivity contribution in [3.63, 3.8) is 0 Å². The van der Waals surface area contributed by atoms with E-state index in [1.54, 1.807) is 17.4 Å². The Morgan fingerprint density at radius 3 is 2.75 bits per heavy atom. The maximum atomic E-state index is 13.3. The van der Waals surface area contributed by atoms with Crippen LogP contribution >= 0.6 is 11.3 Å². The van der Waals surface area contributed by atoms with Crippen LogP contribution in [0.5, 0.6) is 0 Å². The van der Waals surface area contributed by atoms with Crippen molar-refractivity contribution in [1.82, 2.24) is 5.32 Å². The van der Waals surface area contributed by atoms with Gasteiger partial charge in [-0.25, -0.2) is 4.39 Å². The Morgan fingerprint density at radius 2 is 2.00 bits per heavy atom. The molecule has 2 aromatic rings. The Bertz CT molecular complexity index is 425. The molecule has 0 saturated carbocycles. The zero-order chi connectivity index (χ0) is 11.2. The Hall–Kier alpha value is -1.19. The minimum absolute atomic E-state index is 0.133. The van der Waals surface area contributed by atoms with E-state index < -0.39 is 0 Å². The molecule has 0 aliphatic rings. The number of rotatable bonds is 5. The third kappa shape index (κ3) is 3.15. The number of hydrogen-bond acceptors (Lipinski definition) is 2. The molecule has 1 heterocycles. The fourth-order valence-electron chi connectivity index (χ4n) is 1.53. The predicted molar refractivity (Wildman–Crippen MR) is 66.1 cm³/mol. The third-order valence-electron chi connectivity index (χ3n) is 2.40. The highest BCUT2D eigenvalue weighted by Crippen LogP contribution is 2.09. The second-order valence-electron chi connectivity index (χ2n) is 3.60. The second kappa shape index (κ2) is 5.77. The first kappa shape index (κ1) is 11.3. The molecule has 0 fully saturated rings. The molecule has 3 heteroatoms. The summed E-state index contributed by atoms with van der Waals surface area (Å²) in [7, 11) is 0. The summed E-state index contributed by atoms with van der Waals surface area (Å²) in [6.45, 7) is 1.48. The summed E-state index contributed by atoms with van der Waals surface area (Å²) in [4.78, 5) is 1.36. The molecule has 0 aliphatic heterocycles. The van der Waals surface area contributed by atoms with Gasteiger partial charge >= 0.3 is 0 Å². The van der Waals surface area contributed by atoms with Crippen molar-refractivity contribution in [2.45, 2.75) is 13.0 Å². The van der Waals surface area contributed by atoms with Gasteiger partial charge in [0.2, 0.25) is 0 Å². The van der Waals surface area contributed by atoms with E-state index >= 15 is 0 Å². The minimum Gasteiger partial charge on any atom is -0.312 e. The minimum atomic E-state index is -0.133. The van der Waals surface area contributed by atoms with E-state index in [2.05, 4.69) is 22.8 Å². The molecule has 0 unspecified atom stereocenters. The number of benzene rings is 1. The molecule has 0 aliphatic carbocycles. The summed E-state index contributed by atoms with van der Waals surface area (Å²) in [6.07, 6.45) is 1.01. The molecule has 0 saturated heterocycles. The van der Waals surface area contributed by atoms with Gasteiger partial charge in [0, 0.05) is 23.5 Å². The van der Waals surface area contributed by atoms with Crippen molar-refractivity contribution in [2.75, 3.05) is 6.54 Å². The van der Waals surface area contributed by atoms with Crippen LogP contribution in [-0.2, 0) is 13.0 Å². The molecule has 0 amide bonds. The van der Waals surface area contributed by atoms with E-state index in [1.807, 2.05) is 12.1 Å². The summed E-state index contributed by atoms with van der Waals surface area (Å²) in [5.74, 6) is -0.133. The fourth-order valence-corrected chi connectivity index (χ4v) is 2.24. The van der Waals surface area contributed by atoms with E-state index in [0.29, 0.717) is 6.54 Å². The largest absolute Gasteiger partial charge is 0.312 e. The first-order valence-corrected chi connectivity index (χ1v) is 6.21. The smallest absolute Gasteiger partial charge is 0.127 e. The van der Waals surface area contributed by atoms with Gasteiger partial charge in [-0.2, -0.15) is 0 Å². The van der Waals surface area contributed by atoms with Crippen LogP contribution in [0.15, 0.2) is 41.8 Å². The quantitative estimate of drug-likeness (QED) is 0.785. The first-order chi connectivity index (χ1) is 7.86. The lowest BCUT2D eigenvalue weighted by Gasteiger charge is -2.04. The van der Waals surface area contributed by atoms with Gasteiger partial charge in [0.25, 0.3) is 0 Å².